The minimum atomic E-state index is -0.702. The zero-order valence-electron chi connectivity index (χ0n) is 11.3. The molecule has 1 fully saturated rings. The molecule has 1 atom stereocenters. The summed E-state index contributed by atoms with van der Waals surface area (Å²) in [6.07, 6.45) is 0.697. The molecule has 0 bridgehead atoms. The molecule has 2 aromatic rings. The lowest BCUT2D eigenvalue weighted by Gasteiger charge is -2.16. The SMILES string of the molecule is CN1CCC(C)(c2nc(-c3cccc(Br)c3)no2)C1=O. The molecule has 0 radical (unpaired) electrons. The van der Waals surface area contributed by atoms with Gasteiger partial charge >= 0.3 is 0 Å². The third kappa shape index (κ3) is 2.04. The number of halogens is 1. The summed E-state index contributed by atoms with van der Waals surface area (Å²) >= 11 is 3.41. The average molecular weight is 336 g/mol. The second kappa shape index (κ2) is 4.70. The summed E-state index contributed by atoms with van der Waals surface area (Å²) in [4.78, 5) is 18.3. The minimum Gasteiger partial charge on any atom is -0.345 e. The molecule has 0 N–H and O–H groups in total. The van der Waals surface area contributed by atoms with Crippen LogP contribution in [0.4, 0.5) is 0 Å². The van der Waals surface area contributed by atoms with Crippen molar-refractivity contribution in [3.8, 4) is 11.4 Å². The van der Waals surface area contributed by atoms with Crippen LogP contribution in [0.5, 0.6) is 0 Å². The molecule has 20 heavy (non-hydrogen) atoms. The van der Waals surface area contributed by atoms with E-state index in [9.17, 15) is 4.79 Å². The third-order valence-corrected chi connectivity index (χ3v) is 4.24. The zero-order valence-corrected chi connectivity index (χ0v) is 12.8. The lowest BCUT2D eigenvalue weighted by Crippen LogP contribution is -2.33. The predicted molar refractivity (Wildman–Crippen MR) is 77.0 cm³/mol. The van der Waals surface area contributed by atoms with Gasteiger partial charge in [0.25, 0.3) is 0 Å². The summed E-state index contributed by atoms with van der Waals surface area (Å²) in [6.45, 7) is 2.57. The van der Waals surface area contributed by atoms with Gasteiger partial charge in [0.2, 0.25) is 17.6 Å². The van der Waals surface area contributed by atoms with Gasteiger partial charge in [-0.25, -0.2) is 0 Å². The molecule has 1 aliphatic rings. The Morgan fingerprint density at radius 3 is 2.90 bits per heavy atom. The first-order valence-corrected chi connectivity index (χ1v) is 7.16. The number of rotatable bonds is 2. The van der Waals surface area contributed by atoms with Crippen molar-refractivity contribution < 1.29 is 9.32 Å². The van der Waals surface area contributed by atoms with Crippen molar-refractivity contribution in [2.75, 3.05) is 13.6 Å². The Balaban J connectivity index is 1.97. The lowest BCUT2D eigenvalue weighted by atomic mass is 9.89. The number of amides is 1. The van der Waals surface area contributed by atoms with Crippen molar-refractivity contribution in [3.63, 3.8) is 0 Å². The molecule has 1 amide bonds. The van der Waals surface area contributed by atoms with E-state index in [4.69, 9.17) is 4.52 Å². The quantitative estimate of drug-likeness (QED) is 0.846. The van der Waals surface area contributed by atoms with E-state index in [0.717, 1.165) is 10.0 Å². The fourth-order valence-electron chi connectivity index (χ4n) is 2.41. The first-order valence-electron chi connectivity index (χ1n) is 6.36. The molecule has 0 saturated carbocycles. The molecule has 104 valence electrons. The van der Waals surface area contributed by atoms with Crippen LogP contribution in [-0.2, 0) is 10.2 Å². The van der Waals surface area contributed by atoms with Gasteiger partial charge in [0.1, 0.15) is 5.41 Å². The van der Waals surface area contributed by atoms with Gasteiger partial charge in [-0.05, 0) is 25.5 Å². The highest BCUT2D eigenvalue weighted by Crippen LogP contribution is 2.34. The second-order valence-corrected chi connectivity index (χ2v) is 6.16. The van der Waals surface area contributed by atoms with Crippen molar-refractivity contribution in [2.45, 2.75) is 18.8 Å². The van der Waals surface area contributed by atoms with E-state index in [1.165, 1.54) is 0 Å². The Morgan fingerprint density at radius 2 is 2.25 bits per heavy atom. The molecule has 3 rings (SSSR count). The number of carbonyl (C=O) groups excluding carboxylic acids is 1. The molecule has 2 heterocycles. The molecular formula is C14H14BrN3O2. The molecule has 5 nitrogen and oxygen atoms in total. The van der Waals surface area contributed by atoms with Crippen LogP contribution >= 0.6 is 15.9 Å². The first kappa shape index (κ1) is 13.3. The summed E-state index contributed by atoms with van der Waals surface area (Å²) in [5.74, 6) is 0.925. The fourth-order valence-corrected chi connectivity index (χ4v) is 2.81. The van der Waals surface area contributed by atoms with E-state index in [1.807, 2.05) is 31.2 Å². The molecule has 0 spiro atoms. The molecular weight excluding hydrogens is 322 g/mol. The summed E-state index contributed by atoms with van der Waals surface area (Å²) in [5, 5.41) is 4.00. The van der Waals surface area contributed by atoms with E-state index < -0.39 is 5.41 Å². The van der Waals surface area contributed by atoms with E-state index in [0.29, 0.717) is 24.7 Å². The fraction of sp³-hybridized carbons (Fsp3) is 0.357. The third-order valence-electron chi connectivity index (χ3n) is 3.75. The van der Waals surface area contributed by atoms with E-state index >= 15 is 0 Å². The van der Waals surface area contributed by atoms with Gasteiger partial charge in [0.15, 0.2) is 0 Å². The Kier molecular flexibility index (Phi) is 3.12. The Bertz CT molecular complexity index is 670. The van der Waals surface area contributed by atoms with Crippen molar-refractivity contribution in [3.05, 3.63) is 34.6 Å². The van der Waals surface area contributed by atoms with Gasteiger partial charge in [-0.1, -0.05) is 33.2 Å². The average Bonchev–Trinajstić information content (AvgIpc) is 3.02. The van der Waals surface area contributed by atoms with Crippen molar-refractivity contribution >= 4 is 21.8 Å². The van der Waals surface area contributed by atoms with E-state index in [-0.39, 0.29) is 5.91 Å². The summed E-state index contributed by atoms with van der Waals surface area (Å²) in [7, 11) is 1.79. The highest BCUT2D eigenvalue weighted by molar-refractivity contribution is 9.10. The van der Waals surface area contributed by atoms with Gasteiger partial charge in [-0.15, -0.1) is 0 Å². The van der Waals surface area contributed by atoms with Gasteiger partial charge in [-0.3, -0.25) is 4.79 Å². The van der Waals surface area contributed by atoms with Crippen LogP contribution < -0.4 is 0 Å². The second-order valence-electron chi connectivity index (χ2n) is 5.24. The maximum absolute atomic E-state index is 12.2. The van der Waals surface area contributed by atoms with Crippen LogP contribution in [0, 0.1) is 0 Å². The largest absolute Gasteiger partial charge is 0.345 e. The summed E-state index contributed by atoms with van der Waals surface area (Å²) in [6, 6.07) is 7.66. The smallest absolute Gasteiger partial charge is 0.242 e. The van der Waals surface area contributed by atoms with Gasteiger partial charge < -0.3 is 9.42 Å². The Labute approximate surface area is 125 Å². The standard InChI is InChI=1S/C14H14BrN3O2/c1-14(6-7-18(2)13(14)19)12-16-11(17-20-12)9-4-3-5-10(15)8-9/h3-5,8H,6-7H2,1-2H3. The van der Waals surface area contributed by atoms with Crippen molar-refractivity contribution in [2.24, 2.45) is 0 Å². The monoisotopic (exact) mass is 335 g/mol. The van der Waals surface area contributed by atoms with Crippen LogP contribution in [0.2, 0.25) is 0 Å². The molecule has 1 aromatic heterocycles. The number of aromatic nitrogens is 2. The molecule has 1 aromatic carbocycles. The summed E-state index contributed by atoms with van der Waals surface area (Å²) < 4.78 is 6.29. The highest BCUT2D eigenvalue weighted by Gasteiger charge is 2.47. The number of hydrogen-bond acceptors (Lipinski definition) is 4. The number of likely N-dealkylation sites (tertiary alicyclic amines) is 1. The van der Waals surface area contributed by atoms with Gasteiger partial charge in [0.05, 0.1) is 0 Å². The van der Waals surface area contributed by atoms with Crippen molar-refractivity contribution in [1.82, 2.24) is 15.0 Å². The molecule has 1 aliphatic heterocycles. The Hall–Kier alpha value is -1.69. The van der Waals surface area contributed by atoms with E-state index in [1.54, 1.807) is 11.9 Å². The van der Waals surface area contributed by atoms with Crippen LogP contribution in [0.25, 0.3) is 11.4 Å². The number of nitrogens with zero attached hydrogens (tertiary/aromatic N) is 3. The maximum atomic E-state index is 12.2. The van der Waals surface area contributed by atoms with Gasteiger partial charge in [-0.2, -0.15) is 4.98 Å². The predicted octanol–water partition coefficient (Wildman–Crippen LogP) is 2.62. The van der Waals surface area contributed by atoms with Crippen LogP contribution in [0.3, 0.4) is 0 Å². The topological polar surface area (TPSA) is 59.2 Å². The number of carbonyl (C=O) groups is 1. The van der Waals surface area contributed by atoms with Crippen LogP contribution in [-0.4, -0.2) is 34.5 Å². The highest BCUT2D eigenvalue weighted by atomic mass is 79.9. The Morgan fingerprint density at radius 1 is 1.45 bits per heavy atom. The number of benzene rings is 1. The van der Waals surface area contributed by atoms with Crippen LogP contribution in [0.15, 0.2) is 33.3 Å². The van der Waals surface area contributed by atoms with Gasteiger partial charge in [0, 0.05) is 23.6 Å². The maximum Gasteiger partial charge on any atom is 0.242 e. The minimum absolute atomic E-state index is 0.0296. The first-order chi connectivity index (χ1) is 9.50. The number of hydrogen-bond donors (Lipinski definition) is 0. The molecule has 6 heteroatoms. The van der Waals surface area contributed by atoms with Crippen molar-refractivity contribution in [1.29, 1.82) is 0 Å². The molecule has 1 unspecified atom stereocenters. The normalized spacial score (nSPS) is 22.6. The van der Waals surface area contributed by atoms with Crippen LogP contribution in [0.1, 0.15) is 19.2 Å². The summed E-state index contributed by atoms with van der Waals surface area (Å²) in [5.41, 5.74) is 0.156. The lowest BCUT2D eigenvalue weighted by molar-refractivity contribution is -0.131. The molecule has 0 aliphatic carbocycles. The van der Waals surface area contributed by atoms with E-state index in [2.05, 4.69) is 26.1 Å². The molecule has 1 saturated heterocycles. The zero-order chi connectivity index (χ0) is 14.3. The number of likely N-dealkylation sites (N-methyl/N-ethyl adjacent to an activating group) is 1.